The molecule has 10 heteroatoms. The van der Waals surface area contributed by atoms with Crippen LogP contribution in [0.4, 0.5) is 22.0 Å². The summed E-state index contributed by atoms with van der Waals surface area (Å²) in [5, 5.41) is 2.39. The third-order valence-electron chi connectivity index (χ3n) is 3.33. The molecule has 22 heavy (non-hydrogen) atoms. The maximum Gasteiger partial charge on any atom is 0.401 e. The Balaban J connectivity index is 1.81. The molecule has 1 aromatic rings. The van der Waals surface area contributed by atoms with E-state index in [0.29, 0.717) is 6.42 Å². The van der Waals surface area contributed by atoms with Crippen LogP contribution in [0.15, 0.2) is 10.8 Å². The summed E-state index contributed by atoms with van der Waals surface area (Å²) in [5.74, 6) is -1.58. The van der Waals surface area contributed by atoms with Crippen molar-refractivity contribution >= 4 is 5.91 Å². The quantitative estimate of drug-likeness (QED) is 0.843. The van der Waals surface area contributed by atoms with Gasteiger partial charge in [-0.3, -0.25) is 9.69 Å². The summed E-state index contributed by atoms with van der Waals surface area (Å²) in [6.07, 6.45) is -5.96. The van der Waals surface area contributed by atoms with Gasteiger partial charge in [-0.25, -0.2) is 13.8 Å². The second-order valence-corrected chi connectivity index (χ2v) is 5.08. The number of nitrogens with one attached hydrogen (secondary N) is 1. The lowest BCUT2D eigenvalue weighted by Gasteiger charge is -2.17. The number of amides is 1. The molecule has 5 nitrogen and oxygen atoms in total. The van der Waals surface area contributed by atoms with Gasteiger partial charge in [-0.2, -0.15) is 13.2 Å². The molecule has 1 amide bonds. The molecular formula is C12H14F5N3O2. The van der Waals surface area contributed by atoms with Crippen molar-refractivity contribution in [2.24, 2.45) is 5.92 Å². The first-order valence-electron chi connectivity index (χ1n) is 6.55. The molecule has 2 rings (SSSR count). The van der Waals surface area contributed by atoms with Crippen LogP contribution in [0.25, 0.3) is 0 Å². The van der Waals surface area contributed by atoms with E-state index >= 15 is 0 Å². The summed E-state index contributed by atoms with van der Waals surface area (Å²) < 4.78 is 66.5. The van der Waals surface area contributed by atoms with E-state index in [1.54, 1.807) is 0 Å². The Hall–Kier alpha value is -1.71. The number of rotatable bonds is 5. The smallest absolute Gasteiger partial charge is 0.401 e. The van der Waals surface area contributed by atoms with Crippen molar-refractivity contribution in [1.29, 1.82) is 0 Å². The summed E-state index contributed by atoms with van der Waals surface area (Å²) in [7, 11) is 0. The predicted molar refractivity (Wildman–Crippen MR) is 64.4 cm³/mol. The van der Waals surface area contributed by atoms with Crippen LogP contribution < -0.4 is 5.32 Å². The van der Waals surface area contributed by atoms with Crippen molar-refractivity contribution in [1.82, 2.24) is 15.2 Å². The lowest BCUT2D eigenvalue weighted by Crippen LogP contribution is -2.34. The number of hydrogen-bond acceptors (Lipinski definition) is 4. The zero-order valence-electron chi connectivity index (χ0n) is 11.4. The Morgan fingerprint density at radius 3 is 2.86 bits per heavy atom. The van der Waals surface area contributed by atoms with E-state index in [4.69, 9.17) is 0 Å². The SMILES string of the molecule is O=C(NCC1CCN(CC(F)(F)F)C1)c1ocnc1C(F)F. The molecule has 1 N–H and O–H groups in total. The molecule has 1 aromatic heterocycles. The van der Waals surface area contributed by atoms with Crippen LogP contribution >= 0.6 is 0 Å². The molecule has 1 unspecified atom stereocenters. The normalized spacial score (nSPS) is 19.8. The van der Waals surface area contributed by atoms with Crippen molar-refractivity contribution in [3.8, 4) is 0 Å². The third-order valence-corrected chi connectivity index (χ3v) is 3.33. The fourth-order valence-electron chi connectivity index (χ4n) is 2.37. The highest BCUT2D eigenvalue weighted by Gasteiger charge is 2.34. The largest absolute Gasteiger partial charge is 0.438 e. The number of hydrogen-bond donors (Lipinski definition) is 1. The molecule has 0 aliphatic carbocycles. The molecule has 1 saturated heterocycles. The van der Waals surface area contributed by atoms with Gasteiger partial charge >= 0.3 is 6.18 Å². The number of nitrogens with zero attached hydrogens (tertiary/aromatic N) is 2. The Morgan fingerprint density at radius 1 is 1.50 bits per heavy atom. The molecule has 1 fully saturated rings. The van der Waals surface area contributed by atoms with E-state index in [-0.39, 0.29) is 25.6 Å². The highest BCUT2D eigenvalue weighted by Crippen LogP contribution is 2.23. The molecule has 0 radical (unpaired) electrons. The van der Waals surface area contributed by atoms with Gasteiger partial charge in [-0.1, -0.05) is 0 Å². The Bertz CT molecular complexity index is 517. The minimum absolute atomic E-state index is 0.0938. The standard InChI is InChI=1S/C12H14F5N3O2/c13-10(14)8-9(22-6-19-8)11(21)18-3-7-1-2-20(4-7)5-12(15,16)17/h6-7,10H,1-5H2,(H,18,21). The number of carbonyl (C=O) groups is 1. The molecule has 0 aromatic carbocycles. The summed E-state index contributed by atoms with van der Waals surface area (Å²) in [6.45, 7) is -0.422. The second kappa shape index (κ2) is 6.59. The first-order chi connectivity index (χ1) is 10.3. The Labute approximate surface area is 122 Å². The predicted octanol–water partition coefficient (Wildman–Crippen LogP) is 2.23. The van der Waals surface area contributed by atoms with Gasteiger partial charge in [0.2, 0.25) is 5.76 Å². The molecule has 0 saturated carbocycles. The average Bonchev–Trinajstić information content (AvgIpc) is 3.02. The number of alkyl halides is 5. The molecule has 124 valence electrons. The highest BCUT2D eigenvalue weighted by atomic mass is 19.4. The van der Waals surface area contributed by atoms with Gasteiger partial charge < -0.3 is 9.73 Å². The van der Waals surface area contributed by atoms with Gasteiger partial charge in [-0.05, 0) is 18.9 Å². The molecule has 0 spiro atoms. The van der Waals surface area contributed by atoms with Crippen LogP contribution in [-0.4, -0.2) is 48.1 Å². The molecule has 0 bridgehead atoms. The van der Waals surface area contributed by atoms with E-state index in [2.05, 4.69) is 14.7 Å². The van der Waals surface area contributed by atoms with Crippen LogP contribution in [0.1, 0.15) is 29.1 Å². The van der Waals surface area contributed by atoms with E-state index in [1.807, 2.05) is 0 Å². The summed E-state index contributed by atoms with van der Waals surface area (Å²) >= 11 is 0. The Morgan fingerprint density at radius 2 is 2.23 bits per heavy atom. The molecule has 1 aliphatic heterocycles. The lowest BCUT2D eigenvalue weighted by atomic mass is 10.1. The topological polar surface area (TPSA) is 58.4 Å². The van der Waals surface area contributed by atoms with E-state index < -0.39 is 36.5 Å². The van der Waals surface area contributed by atoms with E-state index in [1.165, 1.54) is 4.90 Å². The Kier molecular flexibility index (Phi) is 4.99. The number of oxazole rings is 1. The van der Waals surface area contributed by atoms with Crippen LogP contribution in [0, 0.1) is 5.92 Å². The molecule has 1 atom stereocenters. The monoisotopic (exact) mass is 327 g/mol. The number of halogens is 5. The maximum absolute atomic E-state index is 12.6. The highest BCUT2D eigenvalue weighted by molar-refractivity contribution is 5.92. The van der Waals surface area contributed by atoms with Crippen LogP contribution in [0.2, 0.25) is 0 Å². The van der Waals surface area contributed by atoms with Crippen LogP contribution in [-0.2, 0) is 0 Å². The first-order valence-corrected chi connectivity index (χ1v) is 6.55. The van der Waals surface area contributed by atoms with Gasteiger partial charge in [0.25, 0.3) is 12.3 Å². The van der Waals surface area contributed by atoms with Crippen LogP contribution in [0.3, 0.4) is 0 Å². The van der Waals surface area contributed by atoms with Gasteiger partial charge in [-0.15, -0.1) is 0 Å². The van der Waals surface area contributed by atoms with Crippen molar-refractivity contribution in [2.45, 2.75) is 19.0 Å². The second-order valence-electron chi connectivity index (χ2n) is 5.08. The zero-order valence-corrected chi connectivity index (χ0v) is 11.4. The summed E-state index contributed by atoms with van der Waals surface area (Å²) in [5.41, 5.74) is -0.748. The zero-order chi connectivity index (χ0) is 16.3. The first kappa shape index (κ1) is 16.7. The number of carbonyl (C=O) groups excluding carboxylic acids is 1. The van der Waals surface area contributed by atoms with Gasteiger partial charge in [0.1, 0.15) is 0 Å². The number of aromatic nitrogens is 1. The average molecular weight is 327 g/mol. The van der Waals surface area contributed by atoms with Crippen LogP contribution in [0.5, 0.6) is 0 Å². The number of likely N-dealkylation sites (tertiary alicyclic amines) is 1. The van der Waals surface area contributed by atoms with Gasteiger partial charge in [0.05, 0.1) is 6.54 Å². The van der Waals surface area contributed by atoms with Gasteiger partial charge in [0.15, 0.2) is 12.1 Å². The van der Waals surface area contributed by atoms with E-state index in [0.717, 1.165) is 6.39 Å². The summed E-state index contributed by atoms with van der Waals surface area (Å²) in [4.78, 5) is 16.2. The summed E-state index contributed by atoms with van der Waals surface area (Å²) in [6, 6.07) is 0. The molecular weight excluding hydrogens is 313 g/mol. The van der Waals surface area contributed by atoms with Crippen molar-refractivity contribution in [2.75, 3.05) is 26.2 Å². The molecule has 1 aliphatic rings. The van der Waals surface area contributed by atoms with Gasteiger partial charge in [0, 0.05) is 13.1 Å². The molecule has 2 heterocycles. The fourth-order valence-corrected chi connectivity index (χ4v) is 2.37. The lowest BCUT2D eigenvalue weighted by molar-refractivity contribution is -0.143. The minimum atomic E-state index is -4.26. The van der Waals surface area contributed by atoms with E-state index in [9.17, 15) is 26.7 Å². The third kappa shape index (κ3) is 4.39. The minimum Gasteiger partial charge on any atom is -0.438 e. The fraction of sp³-hybridized carbons (Fsp3) is 0.667. The maximum atomic E-state index is 12.6. The van der Waals surface area contributed by atoms with Crippen molar-refractivity contribution < 1.29 is 31.2 Å². The van der Waals surface area contributed by atoms with Crippen molar-refractivity contribution in [3.63, 3.8) is 0 Å². The van der Waals surface area contributed by atoms with Crippen molar-refractivity contribution in [3.05, 3.63) is 17.8 Å².